The van der Waals surface area contributed by atoms with Crippen molar-refractivity contribution < 1.29 is 19.5 Å². The fourth-order valence-corrected chi connectivity index (χ4v) is 3.21. The van der Waals surface area contributed by atoms with E-state index >= 15 is 0 Å². The Balaban J connectivity index is 1.83. The van der Waals surface area contributed by atoms with Crippen molar-refractivity contribution in [1.29, 1.82) is 0 Å². The van der Waals surface area contributed by atoms with Crippen molar-refractivity contribution in [2.75, 3.05) is 18.0 Å². The number of carbonyl (C=O) groups excluding carboxylic acids is 2. The number of rotatable bonds is 6. The number of nitrogens with zero attached hydrogens (tertiary/aromatic N) is 2. The second kappa shape index (κ2) is 8.22. The van der Waals surface area contributed by atoms with Crippen LogP contribution in [0.3, 0.4) is 0 Å². The summed E-state index contributed by atoms with van der Waals surface area (Å²) in [5.41, 5.74) is 1.78. The molecule has 2 amide bonds. The first kappa shape index (κ1) is 18.9. The van der Waals surface area contributed by atoms with E-state index in [0.29, 0.717) is 29.2 Å². The summed E-state index contributed by atoms with van der Waals surface area (Å²) in [6.45, 7) is 0.351. The molecule has 0 aromatic heterocycles. The molecule has 0 atom stereocenters. The minimum absolute atomic E-state index is 0.0307. The van der Waals surface area contributed by atoms with Crippen LogP contribution in [0.2, 0.25) is 5.02 Å². The molecular weight excluding hydrogens is 368 g/mol. The van der Waals surface area contributed by atoms with E-state index in [4.69, 9.17) is 11.6 Å². The van der Waals surface area contributed by atoms with E-state index in [2.05, 4.69) is 0 Å². The van der Waals surface area contributed by atoms with E-state index < -0.39 is 18.4 Å². The Bertz CT molecular complexity index is 867. The van der Waals surface area contributed by atoms with Crippen LogP contribution in [0.1, 0.15) is 28.8 Å². The van der Waals surface area contributed by atoms with Gasteiger partial charge in [-0.2, -0.15) is 0 Å². The van der Waals surface area contributed by atoms with Crippen molar-refractivity contribution in [3.05, 3.63) is 64.7 Å². The number of aliphatic carboxylic acids is 1. The number of carbonyl (C=O) groups is 3. The molecule has 3 rings (SSSR count). The van der Waals surface area contributed by atoms with Crippen LogP contribution in [-0.4, -0.2) is 40.9 Å². The molecule has 2 aromatic rings. The predicted molar refractivity (Wildman–Crippen MR) is 102 cm³/mol. The number of hydrogen-bond donors (Lipinski definition) is 1. The Morgan fingerprint density at radius 3 is 2.52 bits per heavy atom. The molecule has 1 fully saturated rings. The molecule has 2 aromatic carbocycles. The van der Waals surface area contributed by atoms with Crippen LogP contribution in [0, 0.1) is 0 Å². The Labute approximate surface area is 162 Å². The lowest BCUT2D eigenvalue weighted by Crippen LogP contribution is -2.35. The molecule has 1 aliphatic heterocycles. The largest absolute Gasteiger partial charge is 0.480 e. The van der Waals surface area contributed by atoms with E-state index in [0.717, 1.165) is 12.0 Å². The Morgan fingerprint density at radius 2 is 1.89 bits per heavy atom. The monoisotopic (exact) mass is 386 g/mol. The molecule has 1 aliphatic rings. The second-order valence-corrected chi connectivity index (χ2v) is 6.82. The van der Waals surface area contributed by atoms with Crippen LogP contribution >= 0.6 is 11.6 Å². The summed E-state index contributed by atoms with van der Waals surface area (Å²) < 4.78 is 0. The Hall–Kier alpha value is -2.86. The summed E-state index contributed by atoms with van der Waals surface area (Å²) in [7, 11) is 0. The average Bonchev–Trinajstić information content (AvgIpc) is 3.08. The van der Waals surface area contributed by atoms with Gasteiger partial charge in [-0.1, -0.05) is 29.8 Å². The minimum atomic E-state index is -1.09. The number of hydrogen-bond acceptors (Lipinski definition) is 3. The number of amides is 2. The van der Waals surface area contributed by atoms with E-state index in [9.17, 15) is 19.5 Å². The van der Waals surface area contributed by atoms with Gasteiger partial charge in [-0.15, -0.1) is 0 Å². The van der Waals surface area contributed by atoms with Crippen molar-refractivity contribution in [3.63, 3.8) is 0 Å². The van der Waals surface area contributed by atoms with E-state index in [1.807, 2.05) is 0 Å². The molecule has 0 aliphatic carbocycles. The van der Waals surface area contributed by atoms with Gasteiger partial charge in [-0.05, 0) is 42.3 Å². The molecule has 7 heteroatoms. The SMILES string of the molecule is O=C(O)CN(Cc1ccc(Cl)cc1)C(=O)c1cccc(N2CCCC2=O)c1. The molecule has 0 unspecified atom stereocenters. The van der Waals surface area contributed by atoms with Gasteiger partial charge in [0.25, 0.3) is 5.91 Å². The fourth-order valence-electron chi connectivity index (χ4n) is 3.08. The number of halogens is 1. The zero-order valence-corrected chi connectivity index (χ0v) is 15.4. The summed E-state index contributed by atoms with van der Waals surface area (Å²) in [6, 6.07) is 13.6. The molecular formula is C20H19ClN2O4. The second-order valence-electron chi connectivity index (χ2n) is 6.38. The van der Waals surface area contributed by atoms with Gasteiger partial charge in [0.1, 0.15) is 6.54 Å². The third kappa shape index (κ3) is 4.65. The van der Waals surface area contributed by atoms with Crippen molar-refractivity contribution in [3.8, 4) is 0 Å². The van der Waals surface area contributed by atoms with Crippen LogP contribution in [0.15, 0.2) is 48.5 Å². The molecule has 27 heavy (non-hydrogen) atoms. The maximum absolute atomic E-state index is 12.9. The van der Waals surface area contributed by atoms with Crippen LogP contribution in [0.25, 0.3) is 0 Å². The van der Waals surface area contributed by atoms with Crippen molar-refractivity contribution in [2.45, 2.75) is 19.4 Å². The molecule has 1 heterocycles. The van der Waals surface area contributed by atoms with E-state index in [-0.39, 0.29) is 12.5 Å². The normalized spacial score (nSPS) is 13.7. The third-order valence-electron chi connectivity index (χ3n) is 4.38. The first-order valence-corrected chi connectivity index (χ1v) is 8.98. The van der Waals surface area contributed by atoms with Crippen molar-refractivity contribution in [2.24, 2.45) is 0 Å². The van der Waals surface area contributed by atoms with Crippen LogP contribution in [0.5, 0.6) is 0 Å². The van der Waals surface area contributed by atoms with Gasteiger partial charge in [0.05, 0.1) is 0 Å². The summed E-state index contributed by atoms with van der Waals surface area (Å²) in [5, 5.41) is 9.76. The minimum Gasteiger partial charge on any atom is -0.480 e. The summed E-state index contributed by atoms with van der Waals surface area (Å²) in [6.07, 6.45) is 1.29. The molecule has 6 nitrogen and oxygen atoms in total. The number of benzene rings is 2. The van der Waals surface area contributed by atoms with Crippen LogP contribution in [0.4, 0.5) is 5.69 Å². The molecule has 1 N–H and O–H groups in total. The highest BCUT2D eigenvalue weighted by molar-refractivity contribution is 6.30. The van der Waals surface area contributed by atoms with Gasteiger partial charge in [-0.25, -0.2) is 0 Å². The van der Waals surface area contributed by atoms with E-state index in [1.165, 1.54) is 4.90 Å². The molecule has 0 bridgehead atoms. The average molecular weight is 387 g/mol. The Kier molecular flexibility index (Phi) is 5.76. The lowest BCUT2D eigenvalue weighted by atomic mass is 10.1. The lowest BCUT2D eigenvalue weighted by molar-refractivity contribution is -0.137. The molecule has 0 spiro atoms. The van der Waals surface area contributed by atoms with Gasteiger partial charge >= 0.3 is 5.97 Å². The summed E-state index contributed by atoms with van der Waals surface area (Å²) in [5.74, 6) is -1.47. The summed E-state index contributed by atoms with van der Waals surface area (Å²) in [4.78, 5) is 39.0. The lowest BCUT2D eigenvalue weighted by Gasteiger charge is -2.22. The van der Waals surface area contributed by atoms with E-state index in [1.54, 1.807) is 53.4 Å². The van der Waals surface area contributed by atoms with Gasteiger partial charge in [0.2, 0.25) is 5.91 Å². The quantitative estimate of drug-likeness (QED) is 0.827. The van der Waals surface area contributed by atoms with Gasteiger partial charge in [0.15, 0.2) is 0 Å². The zero-order valence-electron chi connectivity index (χ0n) is 14.6. The third-order valence-corrected chi connectivity index (χ3v) is 4.63. The smallest absolute Gasteiger partial charge is 0.323 e. The topological polar surface area (TPSA) is 77.9 Å². The first-order chi connectivity index (χ1) is 12.9. The number of anilines is 1. The summed E-state index contributed by atoms with van der Waals surface area (Å²) >= 11 is 5.88. The molecule has 1 saturated heterocycles. The number of carboxylic acid groups (broad SMARTS) is 1. The molecule has 0 radical (unpaired) electrons. The zero-order chi connectivity index (χ0) is 19.4. The molecule has 140 valence electrons. The first-order valence-electron chi connectivity index (χ1n) is 8.60. The maximum atomic E-state index is 12.9. The van der Waals surface area contributed by atoms with Gasteiger partial charge < -0.3 is 14.9 Å². The fraction of sp³-hybridized carbons (Fsp3) is 0.250. The highest BCUT2D eigenvalue weighted by Gasteiger charge is 2.24. The van der Waals surface area contributed by atoms with Crippen molar-refractivity contribution >= 4 is 35.1 Å². The van der Waals surface area contributed by atoms with Crippen LogP contribution < -0.4 is 4.90 Å². The van der Waals surface area contributed by atoms with Gasteiger partial charge in [-0.3, -0.25) is 14.4 Å². The molecule has 0 saturated carbocycles. The predicted octanol–water partition coefficient (Wildman–Crippen LogP) is 3.19. The van der Waals surface area contributed by atoms with Crippen LogP contribution in [-0.2, 0) is 16.1 Å². The standard InChI is InChI=1S/C20H19ClN2O4/c21-16-8-6-14(7-9-16)12-22(13-19(25)26)20(27)15-3-1-4-17(11-15)23-10-2-5-18(23)24/h1,3-4,6-9,11H,2,5,10,12-13H2,(H,25,26). The highest BCUT2D eigenvalue weighted by atomic mass is 35.5. The Morgan fingerprint density at radius 1 is 1.15 bits per heavy atom. The van der Waals surface area contributed by atoms with Crippen molar-refractivity contribution in [1.82, 2.24) is 4.90 Å². The maximum Gasteiger partial charge on any atom is 0.323 e. The number of carboxylic acids is 1. The van der Waals surface area contributed by atoms with Gasteiger partial charge in [0, 0.05) is 35.8 Å². The highest BCUT2D eigenvalue weighted by Crippen LogP contribution is 2.23.